The van der Waals surface area contributed by atoms with Gasteiger partial charge in [0.2, 0.25) is 0 Å². The molecule has 24 heavy (non-hydrogen) atoms. The second-order valence-electron chi connectivity index (χ2n) is 7.49. The largest absolute Gasteiger partial charge is 0.481 e. The van der Waals surface area contributed by atoms with Gasteiger partial charge in [-0.1, -0.05) is 26.0 Å². The molecule has 0 aliphatic carbocycles. The van der Waals surface area contributed by atoms with Crippen LogP contribution in [0.3, 0.4) is 0 Å². The van der Waals surface area contributed by atoms with Crippen molar-refractivity contribution >= 4 is 16.9 Å². The summed E-state index contributed by atoms with van der Waals surface area (Å²) in [5.74, 6) is -0.0432. The third kappa shape index (κ3) is 3.81. The molecule has 1 saturated heterocycles. The van der Waals surface area contributed by atoms with Crippen LogP contribution in [0, 0.1) is 17.8 Å². The lowest BCUT2D eigenvalue weighted by molar-refractivity contribution is -0.143. The van der Waals surface area contributed by atoms with Gasteiger partial charge in [0.15, 0.2) is 0 Å². The van der Waals surface area contributed by atoms with Gasteiger partial charge in [-0.25, -0.2) is 0 Å². The van der Waals surface area contributed by atoms with E-state index in [1.807, 2.05) is 0 Å². The van der Waals surface area contributed by atoms with Crippen molar-refractivity contribution in [2.45, 2.75) is 39.7 Å². The number of benzene rings is 1. The van der Waals surface area contributed by atoms with Crippen LogP contribution in [0.1, 0.15) is 32.3 Å². The van der Waals surface area contributed by atoms with Crippen LogP contribution in [-0.4, -0.2) is 28.7 Å². The molecule has 1 aliphatic rings. The Kier molecular flexibility index (Phi) is 5.24. The Morgan fingerprint density at radius 1 is 1.38 bits per heavy atom. The highest BCUT2D eigenvalue weighted by Gasteiger charge is 2.30. The lowest BCUT2D eigenvalue weighted by atomic mass is 9.86. The van der Waals surface area contributed by atoms with Crippen LogP contribution in [0.4, 0.5) is 0 Å². The van der Waals surface area contributed by atoms with Gasteiger partial charge in [0, 0.05) is 18.3 Å². The van der Waals surface area contributed by atoms with Crippen molar-refractivity contribution in [2.24, 2.45) is 17.8 Å². The number of hydrogen-bond donors (Lipinski definition) is 2. The first-order valence-corrected chi connectivity index (χ1v) is 9.06. The highest BCUT2D eigenvalue weighted by atomic mass is 16.4. The predicted octanol–water partition coefficient (Wildman–Crippen LogP) is 3.54. The summed E-state index contributed by atoms with van der Waals surface area (Å²) in [6, 6.07) is 8.55. The number of fused-ring (bicyclic) bond motifs is 1. The molecule has 0 bridgehead atoms. The minimum absolute atomic E-state index is 0.242. The molecule has 2 heterocycles. The molecule has 2 aromatic rings. The topological polar surface area (TPSA) is 54.3 Å². The van der Waals surface area contributed by atoms with Gasteiger partial charge in [-0.2, -0.15) is 0 Å². The first-order valence-electron chi connectivity index (χ1n) is 9.06. The van der Waals surface area contributed by atoms with Gasteiger partial charge in [-0.05, 0) is 67.3 Å². The van der Waals surface area contributed by atoms with Gasteiger partial charge in [0.25, 0.3) is 0 Å². The Morgan fingerprint density at radius 2 is 2.21 bits per heavy atom. The number of carboxylic acids is 1. The maximum atomic E-state index is 11.7. The second kappa shape index (κ2) is 7.39. The standard InChI is InChI=1S/C20H28N2O2/c1-14(2)6-9-22-10-7-16-4-3-15(12-19(16)22)11-18(20(23)24)17-5-8-21-13-17/h3-4,7,10,12,14,17-18,21H,5-6,8-9,11,13H2,1-2H3,(H,23,24). The third-order valence-corrected chi connectivity index (χ3v) is 5.23. The van der Waals surface area contributed by atoms with Crippen LogP contribution < -0.4 is 5.32 Å². The smallest absolute Gasteiger partial charge is 0.307 e. The predicted molar refractivity (Wildman–Crippen MR) is 97.2 cm³/mol. The molecule has 0 saturated carbocycles. The SMILES string of the molecule is CC(C)CCn1ccc2ccc(CC(C(=O)O)C3CCNC3)cc21. The molecule has 4 nitrogen and oxygen atoms in total. The number of hydrogen-bond acceptors (Lipinski definition) is 2. The van der Waals surface area contributed by atoms with E-state index >= 15 is 0 Å². The van der Waals surface area contributed by atoms with Crippen LogP contribution in [0.25, 0.3) is 10.9 Å². The van der Waals surface area contributed by atoms with Crippen LogP contribution >= 0.6 is 0 Å². The van der Waals surface area contributed by atoms with Crippen molar-refractivity contribution < 1.29 is 9.90 Å². The molecule has 2 N–H and O–H groups in total. The number of nitrogens with zero attached hydrogens (tertiary/aromatic N) is 1. The summed E-state index contributed by atoms with van der Waals surface area (Å²) in [6.45, 7) is 7.25. The highest BCUT2D eigenvalue weighted by Crippen LogP contribution is 2.26. The molecule has 1 fully saturated rings. The first kappa shape index (κ1) is 17.0. The fourth-order valence-electron chi connectivity index (χ4n) is 3.68. The molecule has 2 atom stereocenters. The normalized spacial score (nSPS) is 19.2. The van der Waals surface area contributed by atoms with Crippen LogP contribution in [-0.2, 0) is 17.8 Å². The zero-order chi connectivity index (χ0) is 17.1. The summed E-state index contributed by atoms with van der Waals surface area (Å²) in [6.07, 6.45) is 4.88. The lowest BCUT2D eigenvalue weighted by Crippen LogP contribution is -2.27. The molecule has 4 heteroatoms. The molecular formula is C20H28N2O2. The van der Waals surface area contributed by atoms with Crippen molar-refractivity contribution in [3.05, 3.63) is 36.0 Å². The summed E-state index contributed by atoms with van der Waals surface area (Å²) >= 11 is 0. The van der Waals surface area contributed by atoms with Gasteiger partial charge < -0.3 is 15.0 Å². The molecule has 2 unspecified atom stereocenters. The average Bonchev–Trinajstić information content (AvgIpc) is 3.19. The Balaban J connectivity index is 1.80. The molecule has 1 aliphatic heterocycles. The van der Waals surface area contributed by atoms with Crippen LogP contribution in [0.2, 0.25) is 0 Å². The maximum absolute atomic E-state index is 11.7. The number of rotatable bonds is 7. The number of aryl methyl sites for hydroxylation is 1. The van der Waals surface area contributed by atoms with Gasteiger partial charge in [0.1, 0.15) is 0 Å². The molecule has 1 aromatic heterocycles. The van der Waals surface area contributed by atoms with E-state index in [1.54, 1.807) is 0 Å². The van der Waals surface area contributed by atoms with E-state index in [9.17, 15) is 9.90 Å². The number of carboxylic acid groups (broad SMARTS) is 1. The van der Waals surface area contributed by atoms with Crippen molar-refractivity contribution in [2.75, 3.05) is 13.1 Å². The molecule has 3 rings (SSSR count). The summed E-state index contributed by atoms with van der Waals surface area (Å²) in [7, 11) is 0. The van der Waals surface area contributed by atoms with Gasteiger partial charge in [-0.15, -0.1) is 0 Å². The minimum atomic E-state index is -0.668. The molecule has 130 valence electrons. The van der Waals surface area contributed by atoms with Crippen molar-refractivity contribution in [3.8, 4) is 0 Å². The van der Waals surface area contributed by atoms with E-state index in [1.165, 1.54) is 10.9 Å². The Bertz CT molecular complexity index is 699. The molecule has 0 amide bonds. The Hall–Kier alpha value is -1.81. The number of aromatic nitrogens is 1. The van der Waals surface area contributed by atoms with E-state index in [0.717, 1.165) is 38.0 Å². The van der Waals surface area contributed by atoms with Crippen molar-refractivity contribution in [1.29, 1.82) is 0 Å². The molecular weight excluding hydrogens is 300 g/mol. The summed E-state index contributed by atoms with van der Waals surface area (Å²) in [4.78, 5) is 11.7. The Labute approximate surface area is 143 Å². The lowest BCUT2D eigenvalue weighted by Gasteiger charge is -2.19. The van der Waals surface area contributed by atoms with E-state index in [0.29, 0.717) is 12.3 Å². The second-order valence-corrected chi connectivity index (χ2v) is 7.49. The van der Waals surface area contributed by atoms with Crippen molar-refractivity contribution in [3.63, 3.8) is 0 Å². The number of nitrogens with one attached hydrogen (secondary N) is 1. The van der Waals surface area contributed by atoms with E-state index < -0.39 is 5.97 Å². The number of aliphatic carboxylic acids is 1. The quantitative estimate of drug-likeness (QED) is 0.817. The van der Waals surface area contributed by atoms with Gasteiger partial charge in [-0.3, -0.25) is 4.79 Å². The zero-order valence-corrected chi connectivity index (χ0v) is 14.7. The third-order valence-electron chi connectivity index (χ3n) is 5.23. The minimum Gasteiger partial charge on any atom is -0.481 e. The maximum Gasteiger partial charge on any atom is 0.307 e. The van der Waals surface area contributed by atoms with Gasteiger partial charge >= 0.3 is 5.97 Å². The molecule has 0 spiro atoms. The van der Waals surface area contributed by atoms with E-state index in [-0.39, 0.29) is 11.8 Å². The first-order chi connectivity index (χ1) is 11.5. The van der Waals surface area contributed by atoms with E-state index in [4.69, 9.17) is 0 Å². The van der Waals surface area contributed by atoms with Gasteiger partial charge in [0.05, 0.1) is 5.92 Å². The van der Waals surface area contributed by atoms with Crippen molar-refractivity contribution in [1.82, 2.24) is 9.88 Å². The van der Waals surface area contributed by atoms with Crippen LogP contribution in [0.5, 0.6) is 0 Å². The van der Waals surface area contributed by atoms with E-state index in [2.05, 4.69) is 54.2 Å². The molecule has 0 radical (unpaired) electrons. The Morgan fingerprint density at radius 3 is 2.88 bits per heavy atom. The molecule has 1 aromatic carbocycles. The monoisotopic (exact) mass is 328 g/mol. The zero-order valence-electron chi connectivity index (χ0n) is 14.7. The highest BCUT2D eigenvalue weighted by molar-refractivity contribution is 5.81. The summed E-state index contributed by atoms with van der Waals surface area (Å²) in [5, 5.41) is 14.2. The number of carbonyl (C=O) groups is 1. The summed E-state index contributed by atoms with van der Waals surface area (Å²) < 4.78 is 2.30. The fraction of sp³-hybridized carbons (Fsp3) is 0.550. The average molecular weight is 328 g/mol. The fourth-order valence-corrected chi connectivity index (χ4v) is 3.68. The van der Waals surface area contributed by atoms with Crippen LogP contribution in [0.15, 0.2) is 30.5 Å². The summed E-state index contributed by atoms with van der Waals surface area (Å²) in [5.41, 5.74) is 2.35.